The second kappa shape index (κ2) is 7.94. The number of thiophene rings is 1. The lowest BCUT2D eigenvalue weighted by Crippen LogP contribution is -2.48. The average Bonchev–Trinajstić information content (AvgIpc) is 3.18. The van der Waals surface area contributed by atoms with Gasteiger partial charge in [0.25, 0.3) is 5.91 Å². The summed E-state index contributed by atoms with van der Waals surface area (Å²) < 4.78 is 1.09. The van der Waals surface area contributed by atoms with Crippen LogP contribution in [-0.4, -0.2) is 53.7 Å². The van der Waals surface area contributed by atoms with Crippen LogP contribution in [0.4, 0.5) is 5.69 Å². The molecular weight excluding hydrogens is 378 g/mol. The van der Waals surface area contributed by atoms with Crippen molar-refractivity contribution in [3.63, 3.8) is 0 Å². The fraction of sp³-hybridized carbons (Fsp3) is 0.400. The predicted molar refractivity (Wildman–Crippen MR) is 112 cm³/mol. The molecule has 27 heavy (non-hydrogen) atoms. The summed E-state index contributed by atoms with van der Waals surface area (Å²) in [5.41, 5.74) is 4.21. The number of amides is 1. The first-order valence-electron chi connectivity index (χ1n) is 9.30. The Morgan fingerprint density at radius 3 is 2.78 bits per heavy atom. The summed E-state index contributed by atoms with van der Waals surface area (Å²) in [6.07, 6.45) is 1.78. The first-order chi connectivity index (χ1) is 13.2. The Hall–Kier alpha value is -1.99. The summed E-state index contributed by atoms with van der Waals surface area (Å²) >= 11 is 3.27. The molecule has 5 nitrogen and oxygen atoms in total. The van der Waals surface area contributed by atoms with Gasteiger partial charge in [-0.1, -0.05) is 24.2 Å². The third kappa shape index (κ3) is 3.71. The first kappa shape index (κ1) is 18.4. The number of hydrogen-bond acceptors (Lipinski definition) is 6. The highest BCUT2D eigenvalue weighted by atomic mass is 32.2. The third-order valence-corrected chi connectivity index (χ3v) is 7.57. The van der Waals surface area contributed by atoms with E-state index in [4.69, 9.17) is 0 Å². The van der Waals surface area contributed by atoms with Gasteiger partial charge in [0, 0.05) is 49.6 Å². The maximum Gasteiger partial charge on any atom is 0.264 e. The predicted octanol–water partition coefficient (Wildman–Crippen LogP) is 3.95. The van der Waals surface area contributed by atoms with E-state index in [0.29, 0.717) is 5.71 Å². The Morgan fingerprint density at radius 1 is 1.22 bits per heavy atom. The van der Waals surface area contributed by atoms with Crippen molar-refractivity contribution in [3.8, 4) is 0 Å². The van der Waals surface area contributed by atoms with Crippen LogP contribution in [0, 0.1) is 0 Å². The molecule has 0 spiro atoms. The molecule has 0 aliphatic carbocycles. The number of rotatable bonds is 3. The van der Waals surface area contributed by atoms with E-state index in [1.54, 1.807) is 11.8 Å². The molecule has 3 heterocycles. The van der Waals surface area contributed by atoms with Crippen molar-refractivity contribution in [1.82, 2.24) is 4.90 Å². The summed E-state index contributed by atoms with van der Waals surface area (Å²) in [4.78, 5) is 18.0. The number of piperazine rings is 1. The second-order valence-corrected chi connectivity index (χ2v) is 9.18. The highest BCUT2D eigenvalue weighted by Gasteiger charge is 2.27. The summed E-state index contributed by atoms with van der Waals surface area (Å²) in [5.74, 6) is 0.991. The number of nitrogens with zero attached hydrogens (tertiary/aromatic N) is 3. The fourth-order valence-electron chi connectivity index (χ4n) is 3.56. The number of anilines is 1. The lowest BCUT2D eigenvalue weighted by atomic mass is 10.1. The molecule has 1 saturated heterocycles. The van der Waals surface area contributed by atoms with Crippen LogP contribution in [0.15, 0.2) is 39.7 Å². The number of aryl methyl sites for hydroxylation is 1. The Labute approximate surface area is 167 Å². The largest absolute Gasteiger partial charge is 0.411 e. The minimum atomic E-state index is 0.0919. The number of oxime groups is 1. The zero-order valence-corrected chi connectivity index (χ0v) is 17.0. The molecule has 4 rings (SSSR count). The van der Waals surface area contributed by atoms with E-state index in [2.05, 4.69) is 41.2 Å². The molecule has 1 aromatic heterocycles. The monoisotopic (exact) mass is 401 g/mol. The van der Waals surface area contributed by atoms with E-state index in [1.807, 2.05) is 11.0 Å². The van der Waals surface area contributed by atoms with Crippen LogP contribution in [-0.2, 0) is 6.42 Å². The lowest BCUT2D eigenvalue weighted by Gasteiger charge is -2.36. The molecule has 2 aromatic rings. The molecule has 2 aliphatic rings. The molecule has 1 fully saturated rings. The van der Waals surface area contributed by atoms with Crippen LogP contribution in [0.2, 0.25) is 0 Å². The van der Waals surface area contributed by atoms with Crippen LogP contribution in [0.1, 0.15) is 34.1 Å². The molecule has 2 aliphatic heterocycles. The van der Waals surface area contributed by atoms with Crippen molar-refractivity contribution in [2.45, 2.75) is 24.0 Å². The van der Waals surface area contributed by atoms with Crippen molar-refractivity contribution in [2.24, 2.45) is 5.16 Å². The molecule has 7 heteroatoms. The molecule has 0 radical (unpaired) electrons. The van der Waals surface area contributed by atoms with Gasteiger partial charge in [0.05, 0.1) is 14.8 Å². The molecule has 1 amide bonds. The molecule has 1 aromatic carbocycles. The van der Waals surface area contributed by atoms with Gasteiger partial charge in [-0.15, -0.1) is 23.1 Å². The quantitative estimate of drug-likeness (QED) is 0.625. The van der Waals surface area contributed by atoms with Gasteiger partial charge in [-0.25, -0.2) is 0 Å². The maximum atomic E-state index is 13.0. The lowest BCUT2D eigenvalue weighted by molar-refractivity contribution is 0.0751. The number of benzene rings is 1. The summed E-state index contributed by atoms with van der Waals surface area (Å²) in [6.45, 7) is 5.32. The zero-order chi connectivity index (χ0) is 18.8. The molecule has 142 valence electrons. The average molecular weight is 402 g/mol. The minimum Gasteiger partial charge on any atom is -0.411 e. The number of carbonyl (C=O) groups excluding carboxylic acids is 1. The number of thioether (sulfide) groups is 1. The van der Waals surface area contributed by atoms with Gasteiger partial charge < -0.3 is 15.0 Å². The van der Waals surface area contributed by atoms with Gasteiger partial charge in [-0.05, 0) is 30.2 Å². The third-order valence-electron chi connectivity index (χ3n) is 5.16. The van der Waals surface area contributed by atoms with E-state index in [-0.39, 0.29) is 5.91 Å². The van der Waals surface area contributed by atoms with Gasteiger partial charge >= 0.3 is 0 Å². The molecule has 0 bridgehead atoms. The highest BCUT2D eigenvalue weighted by molar-refractivity contribution is 8.01. The van der Waals surface area contributed by atoms with E-state index in [9.17, 15) is 10.0 Å². The normalized spacial score (nSPS) is 18.6. The van der Waals surface area contributed by atoms with E-state index >= 15 is 0 Å². The smallest absolute Gasteiger partial charge is 0.264 e. The van der Waals surface area contributed by atoms with Crippen molar-refractivity contribution in [1.29, 1.82) is 0 Å². The molecule has 0 unspecified atom stereocenters. The summed E-state index contributed by atoms with van der Waals surface area (Å²) in [7, 11) is 0. The number of fused-ring (bicyclic) bond motifs is 1. The van der Waals surface area contributed by atoms with E-state index in [0.717, 1.165) is 59.4 Å². The molecule has 0 saturated carbocycles. The Morgan fingerprint density at radius 2 is 2.04 bits per heavy atom. The Balaban J connectivity index is 1.44. The standard InChI is InChI=1S/C20H23N3O2S2/c1-2-14-4-3-5-15(12-14)22-7-9-23(10-8-22)19(24)18-13-16-17(21-25)6-11-26-20(16)27-18/h3-5,12-13,25H,2,6-11H2,1H3. The highest BCUT2D eigenvalue weighted by Crippen LogP contribution is 2.38. The van der Waals surface area contributed by atoms with E-state index < -0.39 is 0 Å². The van der Waals surface area contributed by atoms with Crippen molar-refractivity contribution < 1.29 is 10.0 Å². The van der Waals surface area contributed by atoms with Crippen molar-refractivity contribution in [2.75, 3.05) is 36.8 Å². The van der Waals surface area contributed by atoms with Gasteiger partial charge in [-0.3, -0.25) is 4.79 Å². The summed E-state index contributed by atoms with van der Waals surface area (Å²) in [6, 6.07) is 10.6. The molecule has 1 N–H and O–H groups in total. The van der Waals surface area contributed by atoms with Crippen LogP contribution in [0.25, 0.3) is 0 Å². The van der Waals surface area contributed by atoms with Crippen molar-refractivity contribution in [3.05, 3.63) is 46.3 Å². The number of carbonyl (C=O) groups is 1. The second-order valence-electron chi connectivity index (χ2n) is 6.76. The summed E-state index contributed by atoms with van der Waals surface area (Å²) in [5, 5.41) is 12.6. The first-order valence-corrected chi connectivity index (χ1v) is 11.1. The van der Waals surface area contributed by atoms with Crippen LogP contribution < -0.4 is 4.90 Å². The Bertz CT molecular complexity index is 870. The number of hydrogen-bond donors (Lipinski definition) is 1. The minimum absolute atomic E-state index is 0.0919. The van der Waals surface area contributed by atoms with Crippen LogP contribution in [0.5, 0.6) is 0 Å². The maximum absolute atomic E-state index is 13.0. The van der Waals surface area contributed by atoms with E-state index in [1.165, 1.54) is 22.6 Å². The Kier molecular flexibility index (Phi) is 5.41. The van der Waals surface area contributed by atoms with Gasteiger partial charge in [0.15, 0.2) is 0 Å². The van der Waals surface area contributed by atoms with Crippen LogP contribution >= 0.6 is 23.1 Å². The fourth-order valence-corrected chi connectivity index (χ4v) is 6.01. The van der Waals surface area contributed by atoms with Crippen LogP contribution in [0.3, 0.4) is 0 Å². The van der Waals surface area contributed by atoms with Gasteiger partial charge in [0.1, 0.15) is 0 Å². The zero-order valence-electron chi connectivity index (χ0n) is 15.4. The SMILES string of the molecule is CCc1cccc(N2CCN(C(=O)c3cc4c(s3)SCCC4=NO)CC2)c1. The van der Waals surface area contributed by atoms with Crippen molar-refractivity contribution >= 4 is 40.4 Å². The van der Waals surface area contributed by atoms with Gasteiger partial charge in [0.2, 0.25) is 0 Å². The van der Waals surface area contributed by atoms with Gasteiger partial charge in [-0.2, -0.15) is 0 Å². The molecular formula is C20H23N3O2S2. The molecule has 0 atom stereocenters. The topological polar surface area (TPSA) is 56.1 Å².